The minimum atomic E-state index is -1.34. The number of nitrogens with zero attached hydrogens (tertiary/aromatic N) is 3. The number of hydrogen-bond donors (Lipinski definition) is 5. The maximum atomic E-state index is 13.5. The maximum Gasteiger partial charge on any atom is 0.345 e. The molecule has 9 aliphatic rings. The zero-order valence-electron chi connectivity index (χ0n) is 66.6. The number of esters is 3. The lowest BCUT2D eigenvalue weighted by Crippen LogP contribution is -2.71. The second-order valence-electron chi connectivity index (χ2n) is 34.7. The number of hydrogen-bond acceptors (Lipinski definition) is 27. The minimum Gasteiger partial charge on any atom is -0.484 e. The third kappa shape index (κ3) is 13.2. The second-order valence-corrected chi connectivity index (χ2v) is 34.7. The molecule has 0 radical (unpaired) electrons. The van der Waals surface area contributed by atoms with Gasteiger partial charge in [0.15, 0.2) is 0 Å². The van der Waals surface area contributed by atoms with Gasteiger partial charge in [-0.15, -0.1) is 0 Å². The van der Waals surface area contributed by atoms with E-state index in [0.717, 1.165) is 19.3 Å². The Morgan fingerprint density at radius 3 is 1.30 bits per heavy atom. The lowest BCUT2D eigenvalue weighted by molar-refractivity contribution is -0.273. The number of aliphatic hydroxyl groups is 5. The summed E-state index contributed by atoms with van der Waals surface area (Å²) < 4.78 is 78.2. The van der Waals surface area contributed by atoms with Crippen LogP contribution in [0.25, 0.3) is 34.0 Å². The van der Waals surface area contributed by atoms with Crippen LogP contribution in [0.3, 0.4) is 0 Å². The first-order valence-electron chi connectivity index (χ1n) is 38.6. The van der Waals surface area contributed by atoms with Crippen LogP contribution in [0.2, 0.25) is 0 Å². The largest absolute Gasteiger partial charge is 0.484 e. The number of aliphatic hydroxyl groups excluding tert-OH is 5. The van der Waals surface area contributed by atoms with Gasteiger partial charge in [0.2, 0.25) is 0 Å². The van der Waals surface area contributed by atoms with Crippen LogP contribution in [0.5, 0.6) is 17.2 Å². The Morgan fingerprint density at radius 1 is 0.464 bits per heavy atom. The zero-order chi connectivity index (χ0) is 81.0. The smallest absolute Gasteiger partial charge is 0.345 e. The number of ether oxygens (including phenoxy) is 10. The van der Waals surface area contributed by atoms with Crippen molar-refractivity contribution in [3.63, 3.8) is 0 Å². The number of fused-ring (bicyclic) bond motifs is 12. The predicted octanol–water partition coefficient (Wildman–Crippen LogP) is 10.5. The Hall–Kier alpha value is -8.25. The summed E-state index contributed by atoms with van der Waals surface area (Å²) >= 11 is 0. The first-order valence-corrected chi connectivity index (χ1v) is 38.6. The van der Waals surface area contributed by atoms with Crippen LogP contribution < -0.4 is 31.1 Å². The molecule has 6 unspecified atom stereocenters. The third-order valence-corrected chi connectivity index (χ3v) is 28.4. The van der Waals surface area contributed by atoms with Gasteiger partial charge in [-0.3, -0.25) is 29.3 Å². The van der Waals surface area contributed by atoms with Gasteiger partial charge in [-0.05, 0) is 149 Å². The number of aromatic nitrogens is 3. The summed E-state index contributed by atoms with van der Waals surface area (Å²) in [6.45, 7) is 22.2. The quantitative estimate of drug-likeness (QED) is 0.0530. The molecule has 5 N–H and O–H groups in total. The van der Waals surface area contributed by atoms with Crippen LogP contribution in [0, 0.1) is 68.0 Å². The van der Waals surface area contributed by atoms with Gasteiger partial charge in [-0.2, -0.15) is 0 Å². The Bertz CT molecular complexity index is 4680. The van der Waals surface area contributed by atoms with Crippen molar-refractivity contribution in [3.05, 3.63) is 140 Å². The van der Waals surface area contributed by atoms with Crippen LogP contribution in [0.15, 0.2) is 119 Å². The summed E-state index contributed by atoms with van der Waals surface area (Å²) in [5, 5.41) is 55.9. The summed E-state index contributed by atoms with van der Waals surface area (Å²) in [4.78, 5) is 88.8. The summed E-state index contributed by atoms with van der Waals surface area (Å²) in [5.74, 6) is -1.80. The second kappa shape index (κ2) is 30.2. The van der Waals surface area contributed by atoms with Crippen molar-refractivity contribution in [2.75, 3.05) is 48.3 Å². The van der Waals surface area contributed by atoms with Gasteiger partial charge < -0.3 is 86.2 Å². The Morgan fingerprint density at radius 2 is 0.866 bits per heavy atom. The fourth-order valence-corrected chi connectivity index (χ4v) is 23.4. The molecule has 606 valence electrons. The molecule has 0 bridgehead atoms. The first-order chi connectivity index (χ1) is 52.9. The van der Waals surface area contributed by atoms with E-state index in [1.54, 1.807) is 128 Å². The molecular weight excluding hydrogens is 1450 g/mol. The highest BCUT2D eigenvalue weighted by atomic mass is 16.6. The van der Waals surface area contributed by atoms with E-state index in [1.165, 1.54) is 20.8 Å². The number of pyridine rings is 3. The van der Waals surface area contributed by atoms with Crippen molar-refractivity contribution < 1.29 is 101 Å². The fraction of sp³-hybridized carbons (Fsp3) is 0.612. The van der Waals surface area contributed by atoms with Gasteiger partial charge in [0.05, 0.1) is 49.8 Å². The summed E-state index contributed by atoms with van der Waals surface area (Å²) in [6.07, 6.45) is 8.30. The van der Waals surface area contributed by atoms with Crippen molar-refractivity contribution in [2.45, 2.75) is 213 Å². The monoisotopic (exact) mass is 1550 g/mol. The molecule has 27 nitrogen and oxygen atoms in total. The SMILES string of the molecule is CC(=O)OC[C@]1(C)C2C[C@H](OC(C)=O)[C@@]3(C)Oc4cc(-c5cccnc5)oc(=O)c4[C@H](O)C3[C@@]2(C)CC[C@@H]1OC(C)=O.COC[C@]1(C)C2C[C@H](OC)[C@@]3(C)Oc4cc(-c5cccnc5)oc(=O)c4[C@H](OC)C3[C@@]2(C)CC[C@@H]1OC.C[C@]12CC[C@H](O)[C@](C)(CO)C1C[C@H](O)[C@@]1(C)Oc3cc(-c4cccnc4)oc(=O)c3[C@H](O)C21. The molecular formula is C85H107N3O24. The van der Waals surface area contributed by atoms with E-state index in [0.29, 0.717) is 72.5 Å². The molecule has 24 atom stereocenters. The molecule has 6 aromatic rings. The fourth-order valence-electron chi connectivity index (χ4n) is 23.4. The number of methoxy groups -OCH3 is 4. The molecule has 6 fully saturated rings. The molecule has 6 aliphatic carbocycles. The summed E-state index contributed by atoms with van der Waals surface area (Å²) in [7, 11) is 6.93. The Balaban J connectivity index is 0.000000148. The van der Waals surface area contributed by atoms with Crippen molar-refractivity contribution in [2.24, 2.45) is 68.0 Å². The van der Waals surface area contributed by atoms with E-state index >= 15 is 0 Å². The average Bonchev–Trinajstić information content (AvgIpc) is 0.695. The molecule has 6 aromatic heterocycles. The zero-order valence-corrected chi connectivity index (χ0v) is 66.6. The number of carbonyl (C=O) groups excluding carboxylic acids is 3. The van der Waals surface area contributed by atoms with Gasteiger partial charge in [0.25, 0.3) is 0 Å². The average molecular weight is 1550 g/mol. The van der Waals surface area contributed by atoms with Crippen LogP contribution in [-0.2, 0) is 47.5 Å². The molecule has 0 amide bonds. The van der Waals surface area contributed by atoms with Gasteiger partial charge in [0, 0.05) is 155 Å². The summed E-state index contributed by atoms with van der Waals surface area (Å²) in [6, 6.07) is 15.5. The van der Waals surface area contributed by atoms with E-state index in [1.807, 2.05) is 33.8 Å². The van der Waals surface area contributed by atoms with Crippen molar-refractivity contribution >= 4 is 17.9 Å². The van der Waals surface area contributed by atoms with Gasteiger partial charge in [-0.1, -0.05) is 41.5 Å². The maximum absolute atomic E-state index is 13.5. The van der Waals surface area contributed by atoms with Crippen LogP contribution in [0.4, 0.5) is 0 Å². The molecule has 0 spiro atoms. The predicted molar refractivity (Wildman–Crippen MR) is 403 cm³/mol. The van der Waals surface area contributed by atoms with E-state index in [-0.39, 0.29) is 100 Å². The molecule has 6 saturated carbocycles. The molecule has 0 aromatic carbocycles. The van der Waals surface area contributed by atoms with Gasteiger partial charge in [-0.25, -0.2) is 14.4 Å². The van der Waals surface area contributed by atoms with Crippen molar-refractivity contribution in [3.8, 4) is 51.2 Å². The van der Waals surface area contributed by atoms with E-state index in [2.05, 4.69) is 35.7 Å². The Kier molecular flexibility index (Phi) is 22.0. The van der Waals surface area contributed by atoms with Gasteiger partial charge in [0.1, 0.15) is 92.9 Å². The molecule has 0 saturated heterocycles. The highest BCUT2D eigenvalue weighted by Crippen LogP contribution is 2.71. The standard InChI is InChI=1S/C31H37NO10.C29H39NO7.C25H31NO7/c1-16(33)38-15-30(5)22-13-24(40-18(3)35)31(6)27(29(22,4)10-9-23(30)39-17(2)34)26(36)25-21(42-31)12-20(41-28(25)37)19-8-7-11-32-14-19;1-27-11-10-21(33-5)28(2,16-32-4)20(27)14-22(34-6)29(3)25(27)24(35-7)23-19(37-29)13-18(36-26(23)31)17-9-8-12-30-15-17;1-23-7-6-17(28)24(2,12-27)16(23)10-18(29)25(3)21(23)20(30)19-15(33-25)9-14(32-22(19)31)13-5-4-8-26-11-13/h7-8,11-12,14,22-24,26-27,36H,9-10,13,15H2,1-6H3;8-9,12-13,15,20-22,24-25H,10-11,14,16H2,1-7H3;4-5,8-9,11,16-18,20-21,27-30H,6-7,10,12H2,1-3H3/t22?,23-,24-,26-,27?,29-,30+,31+;20?,21-,22-,24-,25?,27-,28+,29+;16?,17-,18-,20-,21?,23-,24+,25+/m000/s1. The Labute approximate surface area is 650 Å². The van der Waals surface area contributed by atoms with Crippen LogP contribution in [-0.4, -0.2) is 160 Å². The number of carbonyl (C=O) groups is 3. The molecule has 112 heavy (non-hydrogen) atoms. The molecule has 27 heteroatoms. The lowest BCUT2D eigenvalue weighted by atomic mass is 9.42. The third-order valence-electron chi connectivity index (χ3n) is 28.4. The van der Waals surface area contributed by atoms with Crippen molar-refractivity contribution in [1.29, 1.82) is 0 Å². The highest BCUT2D eigenvalue weighted by Gasteiger charge is 2.74. The van der Waals surface area contributed by atoms with Crippen molar-refractivity contribution in [1.82, 2.24) is 15.0 Å². The topological polar surface area (TPSA) is 374 Å². The van der Waals surface area contributed by atoms with E-state index in [4.69, 9.17) is 60.6 Å². The number of rotatable bonds is 13. The lowest BCUT2D eigenvalue weighted by Gasteiger charge is -2.67. The van der Waals surface area contributed by atoms with Crippen LogP contribution >= 0.6 is 0 Å². The first kappa shape index (κ1) is 81.8. The molecule has 3 aliphatic heterocycles. The summed E-state index contributed by atoms with van der Waals surface area (Å²) in [5.41, 5.74) is -6.30. The minimum absolute atomic E-state index is 0.0163. The normalized spacial score (nSPS) is 38.3. The van der Waals surface area contributed by atoms with Gasteiger partial charge >= 0.3 is 34.8 Å². The molecule has 15 rings (SSSR count). The van der Waals surface area contributed by atoms with E-state index < -0.39 is 128 Å². The highest BCUT2D eigenvalue weighted by molar-refractivity contribution is 5.68. The van der Waals surface area contributed by atoms with E-state index in [9.17, 15) is 54.3 Å². The van der Waals surface area contributed by atoms with Crippen LogP contribution in [0.1, 0.15) is 176 Å². The molecule has 9 heterocycles.